The zero-order valence-electron chi connectivity index (χ0n) is 13.8. The number of benzene rings is 1. The number of anilines is 1. The maximum absolute atomic E-state index is 12.4. The lowest BCUT2D eigenvalue weighted by Gasteiger charge is -2.22. The molecule has 1 heterocycles. The molecule has 0 atom stereocenters. The molecular weight excluding hydrogens is 342 g/mol. The highest BCUT2D eigenvalue weighted by Crippen LogP contribution is 2.20. The summed E-state index contributed by atoms with van der Waals surface area (Å²) in [6, 6.07) is 6.16. The van der Waals surface area contributed by atoms with Crippen molar-refractivity contribution in [3.63, 3.8) is 0 Å². The number of sulfonamides is 1. The van der Waals surface area contributed by atoms with Crippen molar-refractivity contribution >= 4 is 21.6 Å². The van der Waals surface area contributed by atoms with Crippen molar-refractivity contribution in [1.29, 1.82) is 0 Å². The number of hydrogen-bond acceptors (Lipinski definition) is 5. The van der Waals surface area contributed by atoms with Crippen molar-refractivity contribution in [2.75, 3.05) is 5.32 Å². The highest BCUT2D eigenvalue weighted by Gasteiger charge is 2.21. The van der Waals surface area contributed by atoms with Crippen molar-refractivity contribution in [2.24, 2.45) is 0 Å². The monoisotopic (exact) mass is 363 g/mol. The summed E-state index contributed by atoms with van der Waals surface area (Å²) < 4.78 is 29.0. The Morgan fingerprint density at radius 1 is 1.16 bits per heavy atom. The molecule has 0 unspecified atom stereocenters. The molecule has 1 saturated carbocycles. The van der Waals surface area contributed by atoms with Crippen molar-refractivity contribution in [1.82, 2.24) is 19.5 Å². The van der Waals surface area contributed by atoms with Crippen molar-refractivity contribution < 1.29 is 13.2 Å². The number of aromatic nitrogens is 3. The van der Waals surface area contributed by atoms with Crippen LogP contribution >= 0.6 is 0 Å². The molecular formula is C16H21N5O3S. The zero-order chi connectivity index (χ0) is 17.7. The summed E-state index contributed by atoms with van der Waals surface area (Å²) in [7, 11) is -3.53. The quantitative estimate of drug-likeness (QED) is 0.809. The zero-order valence-corrected chi connectivity index (χ0v) is 14.6. The molecule has 0 saturated heterocycles. The lowest BCUT2D eigenvalue weighted by atomic mass is 9.96. The second kappa shape index (κ2) is 7.75. The largest absolute Gasteiger partial charge is 0.324 e. The Morgan fingerprint density at radius 2 is 1.88 bits per heavy atom. The van der Waals surface area contributed by atoms with Crippen molar-refractivity contribution in [3.05, 3.63) is 36.9 Å². The van der Waals surface area contributed by atoms with Crippen molar-refractivity contribution in [3.8, 4) is 0 Å². The Kier molecular flexibility index (Phi) is 5.44. The van der Waals surface area contributed by atoms with E-state index in [1.165, 1.54) is 35.9 Å². The fourth-order valence-corrected chi connectivity index (χ4v) is 4.19. The molecule has 0 aliphatic heterocycles. The summed E-state index contributed by atoms with van der Waals surface area (Å²) in [6.45, 7) is 0.0449. The van der Waals surface area contributed by atoms with Gasteiger partial charge in [-0.15, -0.1) is 0 Å². The summed E-state index contributed by atoms with van der Waals surface area (Å²) in [5.41, 5.74) is 0.529. The van der Waals surface area contributed by atoms with E-state index in [0.29, 0.717) is 5.69 Å². The molecule has 1 amide bonds. The molecule has 2 aromatic rings. The van der Waals surface area contributed by atoms with E-state index in [-0.39, 0.29) is 23.4 Å². The number of hydrogen-bond donors (Lipinski definition) is 2. The van der Waals surface area contributed by atoms with E-state index in [0.717, 1.165) is 25.7 Å². The Bertz CT molecular complexity index is 797. The van der Waals surface area contributed by atoms with Gasteiger partial charge in [-0.05, 0) is 37.1 Å². The van der Waals surface area contributed by atoms with Crippen LogP contribution in [-0.4, -0.2) is 35.1 Å². The third-order valence-corrected chi connectivity index (χ3v) is 5.68. The first kappa shape index (κ1) is 17.6. The Hall–Kier alpha value is -2.26. The van der Waals surface area contributed by atoms with Gasteiger partial charge in [-0.1, -0.05) is 19.3 Å². The number of nitrogens with one attached hydrogen (secondary N) is 2. The second-order valence-electron chi connectivity index (χ2n) is 6.12. The Morgan fingerprint density at radius 3 is 2.52 bits per heavy atom. The third-order valence-electron chi connectivity index (χ3n) is 4.15. The van der Waals surface area contributed by atoms with Crippen LogP contribution in [0.15, 0.2) is 41.8 Å². The normalized spacial score (nSPS) is 15.8. The lowest BCUT2D eigenvalue weighted by Crippen LogP contribution is -2.36. The van der Waals surface area contributed by atoms with Gasteiger partial charge in [0.15, 0.2) is 0 Å². The molecule has 9 heteroatoms. The third kappa shape index (κ3) is 4.86. The van der Waals surface area contributed by atoms with Gasteiger partial charge in [0.2, 0.25) is 15.9 Å². The molecule has 8 nitrogen and oxygen atoms in total. The first-order valence-electron chi connectivity index (χ1n) is 8.27. The van der Waals surface area contributed by atoms with Crippen LogP contribution in [0.4, 0.5) is 5.69 Å². The van der Waals surface area contributed by atoms with Crippen LogP contribution < -0.4 is 10.0 Å². The molecule has 0 spiro atoms. The highest BCUT2D eigenvalue weighted by atomic mass is 32.2. The summed E-state index contributed by atoms with van der Waals surface area (Å²) >= 11 is 0. The summed E-state index contributed by atoms with van der Waals surface area (Å²) in [6.07, 6.45) is 7.86. The first-order chi connectivity index (χ1) is 12.0. The molecule has 1 aromatic heterocycles. The number of carbonyl (C=O) groups excluding carboxylic acids is 1. The minimum atomic E-state index is -3.53. The van der Waals surface area contributed by atoms with Crippen LogP contribution in [0.1, 0.15) is 32.1 Å². The van der Waals surface area contributed by atoms with Crippen LogP contribution in [0.3, 0.4) is 0 Å². The maximum Gasteiger partial charge on any atom is 0.246 e. The summed E-state index contributed by atoms with van der Waals surface area (Å²) in [5.74, 6) is -0.263. The SMILES string of the molecule is O=C(Cn1cncn1)Nc1ccc(S(=O)(=O)NC2CCCCC2)cc1. The van der Waals surface area contributed by atoms with Crippen LogP contribution in [0.25, 0.3) is 0 Å². The fourth-order valence-electron chi connectivity index (χ4n) is 2.89. The van der Waals surface area contributed by atoms with Crippen LogP contribution in [0.5, 0.6) is 0 Å². The van der Waals surface area contributed by atoms with Crippen LogP contribution in [0, 0.1) is 0 Å². The standard InChI is InChI=1S/C16H21N5O3S/c22-16(10-21-12-17-11-18-21)19-13-6-8-15(9-7-13)25(23,24)20-14-4-2-1-3-5-14/h6-9,11-12,14,20H,1-5,10H2,(H,19,22). The molecule has 25 heavy (non-hydrogen) atoms. The Balaban J connectivity index is 1.60. The van der Waals surface area contributed by atoms with Gasteiger partial charge in [-0.3, -0.25) is 4.79 Å². The van der Waals surface area contributed by atoms with E-state index in [9.17, 15) is 13.2 Å². The molecule has 0 radical (unpaired) electrons. The molecule has 1 aromatic carbocycles. The average Bonchev–Trinajstić information content (AvgIpc) is 3.08. The van der Waals surface area contributed by atoms with Gasteiger partial charge in [-0.25, -0.2) is 22.8 Å². The molecule has 1 aliphatic rings. The van der Waals surface area contributed by atoms with Gasteiger partial charge in [-0.2, -0.15) is 5.10 Å². The van der Waals surface area contributed by atoms with E-state index in [4.69, 9.17) is 0 Å². The summed E-state index contributed by atoms with van der Waals surface area (Å²) in [5, 5.41) is 6.55. The maximum atomic E-state index is 12.4. The highest BCUT2D eigenvalue weighted by molar-refractivity contribution is 7.89. The Labute approximate surface area is 146 Å². The van der Waals surface area contributed by atoms with Crippen LogP contribution in [0.2, 0.25) is 0 Å². The van der Waals surface area contributed by atoms with E-state index in [1.54, 1.807) is 12.1 Å². The van der Waals surface area contributed by atoms with Gasteiger partial charge in [0.25, 0.3) is 0 Å². The first-order valence-corrected chi connectivity index (χ1v) is 9.76. The molecule has 134 valence electrons. The topological polar surface area (TPSA) is 106 Å². The molecule has 0 bridgehead atoms. The molecule has 2 N–H and O–H groups in total. The van der Waals surface area contributed by atoms with E-state index >= 15 is 0 Å². The smallest absolute Gasteiger partial charge is 0.246 e. The molecule has 1 fully saturated rings. The fraction of sp³-hybridized carbons (Fsp3) is 0.438. The minimum Gasteiger partial charge on any atom is -0.324 e. The van der Waals surface area contributed by atoms with Gasteiger partial charge in [0.05, 0.1) is 4.90 Å². The minimum absolute atomic E-state index is 0.0146. The van der Waals surface area contributed by atoms with E-state index < -0.39 is 10.0 Å². The molecule has 1 aliphatic carbocycles. The number of nitrogens with zero attached hydrogens (tertiary/aromatic N) is 3. The van der Waals surface area contributed by atoms with Crippen LogP contribution in [-0.2, 0) is 21.4 Å². The van der Waals surface area contributed by atoms with Gasteiger partial charge < -0.3 is 5.32 Å². The predicted octanol–water partition coefficient (Wildman–Crippen LogP) is 1.53. The van der Waals surface area contributed by atoms with Gasteiger partial charge >= 0.3 is 0 Å². The predicted molar refractivity (Wildman–Crippen MR) is 92.3 cm³/mol. The second-order valence-corrected chi connectivity index (χ2v) is 7.84. The van der Waals surface area contributed by atoms with Gasteiger partial charge in [0, 0.05) is 11.7 Å². The van der Waals surface area contributed by atoms with Crippen molar-refractivity contribution in [2.45, 2.75) is 49.6 Å². The summed E-state index contributed by atoms with van der Waals surface area (Å²) in [4.78, 5) is 15.9. The van der Waals surface area contributed by atoms with E-state index in [1.807, 2.05) is 0 Å². The number of carbonyl (C=O) groups is 1. The number of rotatable bonds is 6. The average molecular weight is 363 g/mol. The van der Waals surface area contributed by atoms with E-state index in [2.05, 4.69) is 20.1 Å². The van der Waals surface area contributed by atoms with Gasteiger partial charge in [0.1, 0.15) is 19.2 Å². The molecule has 3 rings (SSSR count). The lowest BCUT2D eigenvalue weighted by molar-refractivity contribution is -0.116. The number of amides is 1.